The number of nitrogens with one attached hydrogen (secondary N) is 1. The molecule has 4 atom stereocenters. The second-order valence-corrected chi connectivity index (χ2v) is 10.2. The number of ether oxygens (including phenoxy) is 2. The lowest BCUT2D eigenvalue weighted by atomic mass is 9.97. The molecule has 2 aliphatic rings. The minimum atomic E-state index is -0.345. The van der Waals surface area contributed by atoms with Gasteiger partial charge in [0.15, 0.2) is 0 Å². The number of rotatable bonds is 6. The van der Waals surface area contributed by atoms with Crippen LogP contribution in [-0.4, -0.2) is 51.7 Å². The smallest absolute Gasteiger partial charge is 0.213 e. The van der Waals surface area contributed by atoms with Crippen LogP contribution < -0.4 is 10.1 Å². The van der Waals surface area contributed by atoms with Crippen LogP contribution in [0.2, 0.25) is 0 Å². The van der Waals surface area contributed by atoms with Crippen molar-refractivity contribution in [3.63, 3.8) is 0 Å². The standard InChI is InChI=1S/C25H28N4O4S/c1-13-8-16(9-19(13)30)28-25-18(11-26-12-27-25)23(31)20-10-17(14(2)34-20)24-22-15(6-7-33-24)4-5-21(29-22)32-3/h4-5,10-13,16,19,24,30H,6-9H2,1-3H3,(H,26,27,28)/t13-,16-,19+,24-/m1/s1. The van der Waals surface area contributed by atoms with Crippen LogP contribution in [0.1, 0.15) is 62.8 Å². The van der Waals surface area contributed by atoms with Gasteiger partial charge in [0.05, 0.1) is 36.0 Å². The molecule has 178 valence electrons. The molecule has 5 rings (SSSR count). The molecular formula is C25H28N4O4S. The Labute approximate surface area is 202 Å². The summed E-state index contributed by atoms with van der Waals surface area (Å²) in [7, 11) is 1.60. The van der Waals surface area contributed by atoms with Crippen LogP contribution in [0.15, 0.2) is 30.7 Å². The van der Waals surface area contributed by atoms with Gasteiger partial charge in [-0.3, -0.25) is 4.79 Å². The normalized spacial score (nSPS) is 24.0. The van der Waals surface area contributed by atoms with E-state index in [-0.39, 0.29) is 30.0 Å². The lowest BCUT2D eigenvalue weighted by Gasteiger charge is -2.25. The second-order valence-electron chi connectivity index (χ2n) is 8.99. The number of nitrogens with zero attached hydrogens (tertiary/aromatic N) is 3. The molecule has 34 heavy (non-hydrogen) atoms. The van der Waals surface area contributed by atoms with E-state index in [1.54, 1.807) is 13.3 Å². The van der Waals surface area contributed by atoms with E-state index in [1.165, 1.54) is 17.7 Å². The Morgan fingerprint density at radius 2 is 2.18 bits per heavy atom. The number of carbonyl (C=O) groups is 1. The van der Waals surface area contributed by atoms with E-state index in [0.29, 0.717) is 35.2 Å². The van der Waals surface area contributed by atoms with Gasteiger partial charge in [0.25, 0.3) is 0 Å². The SMILES string of the molecule is COc1ccc2c(n1)[C@@H](c1cc(C(=O)c3cncnc3N[C@@H]3C[C@@H](C)[C@@H](O)C3)sc1C)OCC2. The predicted molar refractivity (Wildman–Crippen MR) is 129 cm³/mol. The molecule has 3 aromatic rings. The molecule has 1 aliphatic heterocycles. The minimum absolute atomic E-state index is 0.0697. The molecule has 2 N–H and O–H groups in total. The van der Waals surface area contributed by atoms with Crippen LogP contribution in [0.4, 0.5) is 5.82 Å². The Morgan fingerprint density at radius 1 is 1.32 bits per heavy atom. The predicted octanol–water partition coefficient (Wildman–Crippen LogP) is 3.71. The molecule has 9 heteroatoms. The molecular weight excluding hydrogens is 452 g/mol. The number of thiophene rings is 1. The molecule has 0 unspecified atom stereocenters. The summed E-state index contributed by atoms with van der Waals surface area (Å²) in [6.07, 6.45) is 4.56. The van der Waals surface area contributed by atoms with E-state index < -0.39 is 0 Å². The van der Waals surface area contributed by atoms with E-state index in [0.717, 1.165) is 34.5 Å². The molecule has 0 spiro atoms. The Kier molecular flexibility index (Phi) is 6.33. The largest absolute Gasteiger partial charge is 0.481 e. The van der Waals surface area contributed by atoms with Crippen LogP contribution in [0.5, 0.6) is 5.88 Å². The van der Waals surface area contributed by atoms with Gasteiger partial charge < -0.3 is 19.9 Å². The number of aromatic nitrogens is 3. The molecule has 1 fully saturated rings. The first-order chi connectivity index (χ1) is 16.4. The number of aliphatic hydroxyl groups excluding tert-OH is 1. The third-order valence-electron chi connectivity index (χ3n) is 6.70. The molecule has 1 saturated carbocycles. The fraction of sp³-hybridized carbons (Fsp3) is 0.440. The van der Waals surface area contributed by atoms with Crippen molar-refractivity contribution in [2.24, 2.45) is 5.92 Å². The van der Waals surface area contributed by atoms with Gasteiger partial charge in [-0.15, -0.1) is 11.3 Å². The fourth-order valence-electron chi connectivity index (χ4n) is 4.79. The number of fused-ring (bicyclic) bond motifs is 1. The highest BCUT2D eigenvalue weighted by Gasteiger charge is 2.32. The van der Waals surface area contributed by atoms with E-state index in [1.807, 2.05) is 32.0 Å². The molecule has 0 saturated heterocycles. The summed E-state index contributed by atoms with van der Waals surface area (Å²) in [5.74, 6) is 1.13. The molecule has 4 heterocycles. The molecule has 8 nitrogen and oxygen atoms in total. The Hall–Kier alpha value is -2.88. The topological polar surface area (TPSA) is 106 Å². The van der Waals surface area contributed by atoms with Crippen LogP contribution in [-0.2, 0) is 11.2 Å². The van der Waals surface area contributed by atoms with Gasteiger partial charge in [-0.1, -0.05) is 13.0 Å². The van der Waals surface area contributed by atoms with Crippen molar-refractivity contribution in [1.29, 1.82) is 0 Å². The quantitative estimate of drug-likeness (QED) is 0.514. The lowest BCUT2D eigenvalue weighted by molar-refractivity contribution is 0.0658. The van der Waals surface area contributed by atoms with Crippen molar-refractivity contribution in [1.82, 2.24) is 15.0 Å². The number of hydrogen-bond acceptors (Lipinski definition) is 9. The first kappa shape index (κ1) is 22.9. The number of pyridine rings is 1. The maximum absolute atomic E-state index is 13.5. The summed E-state index contributed by atoms with van der Waals surface area (Å²) in [6.45, 7) is 4.62. The Balaban J connectivity index is 1.43. The van der Waals surface area contributed by atoms with Crippen LogP contribution in [0.25, 0.3) is 0 Å². The summed E-state index contributed by atoms with van der Waals surface area (Å²) in [5.41, 5.74) is 3.33. The maximum atomic E-state index is 13.5. The summed E-state index contributed by atoms with van der Waals surface area (Å²) in [4.78, 5) is 28.2. The third kappa shape index (κ3) is 4.31. The molecule has 0 amide bonds. The molecule has 0 radical (unpaired) electrons. The van der Waals surface area contributed by atoms with Gasteiger partial charge in [0.2, 0.25) is 11.7 Å². The van der Waals surface area contributed by atoms with Crippen LogP contribution in [0.3, 0.4) is 0 Å². The molecule has 1 aliphatic carbocycles. The van der Waals surface area contributed by atoms with Crippen molar-refractivity contribution < 1.29 is 19.4 Å². The van der Waals surface area contributed by atoms with Gasteiger partial charge in [0.1, 0.15) is 18.2 Å². The van der Waals surface area contributed by atoms with Gasteiger partial charge in [-0.2, -0.15) is 0 Å². The van der Waals surface area contributed by atoms with Crippen molar-refractivity contribution >= 4 is 22.9 Å². The third-order valence-corrected chi connectivity index (χ3v) is 7.76. The number of aliphatic hydroxyl groups is 1. The highest BCUT2D eigenvalue weighted by Crippen LogP contribution is 2.38. The average Bonchev–Trinajstić information content (AvgIpc) is 3.39. The van der Waals surface area contributed by atoms with Gasteiger partial charge in [0, 0.05) is 28.7 Å². The number of methoxy groups -OCH3 is 1. The number of aryl methyl sites for hydroxylation is 1. The number of ketones is 1. The molecule has 0 aromatic carbocycles. The first-order valence-corrected chi connectivity index (χ1v) is 12.3. The number of hydrogen-bond donors (Lipinski definition) is 2. The summed E-state index contributed by atoms with van der Waals surface area (Å²) >= 11 is 1.44. The monoisotopic (exact) mass is 480 g/mol. The lowest BCUT2D eigenvalue weighted by Crippen LogP contribution is -2.20. The maximum Gasteiger partial charge on any atom is 0.213 e. The zero-order valence-electron chi connectivity index (χ0n) is 19.4. The van der Waals surface area contributed by atoms with E-state index >= 15 is 0 Å². The second kappa shape index (κ2) is 9.40. The Morgan fingerprint density at radius 3 is 2.94 bits per heavy atom. The highest BCUT2D eigenvalue weighted by atomic mass is 32.1. The molecule has 0 bridgehead atoms. The van der Waals surface area contributed by atoms with Gasteiger partial charge in [-0.25, -0.2) is 15.0 Å². The highest BCUT2D eigenvalue weighted by molar-refractivity contribution is 7.14. The van der Waals surface area contributed by atoms with Crippen LogP contribution >= 0.6 is 11.3 Å². The van der Waals surface area contributed by atoms with E-state index in [2.05, 4.69) is 20.3 Å². The minimum Gasteiger partial charge on any atom is -0.481 e. The van der Waals surface area contributed by atoms with E-state index in [4.69, 9.17) is 9.47 Å². The number of carbonyl (C=O) groups excluding carboxylic acids is 1. The molecule has 3 aromatic heterocycles. The van der Waals surface area contributed by atoms with E-state index in [9.17, 15) is 9.90 Å². The van der Waals surface area contributed by atoms with Crippen molar-refractivity contribution in [3.05, 3.63) is 62.9 Å². The summed E-state index contributed by atoms with van der Waals surface area (Å²) in [5, 5.41) is 13.5. The zero-order chi connectivity index (χ0) is 23.8. The summed E-state index contributed by atoms with van der Waals surface area (Å²) in [6, 6.07) is 5.87. The van der Waals surface area contributed by atoms with Crippen molar-refractivity contribution in [2.75, 3.05) is 19.0 Å². The summed E-state index contributed by atoms with van der Waals surface area (Å²) < 4.78 is 11.4. The first-order valence-electron chi connectivity index (χ1n) is 11.5. The number of anilines is 1. The van der Waals surface area contributed by atoms with Crippen LogP contribution in [0, 0.1) is 12.8 Å². The van der Waals surface area contributed by atoms with Gasteiger partial charge >= 0.3 is 0 Å². The van der Waals surface area contributed by atoms with Crippen molar-refractivity contribution in [3.8, 4) is 5.88 Å². The average molecular weight is 481 g/mol. The zero-order valence-corrected chi connectivity index (χ0v) is 20.3. The van der Waals surface area contributed by atoms with Gasteiger partial charge in [-0.05, 0) is 43.7 Å². The van der Waals surface area contributed by atoms with Crippen molar-refractivity contribution in [2.45, 2.75) is 51.4 Å². The Bertz CT molecular complexity index is 1200. The fourth-order valence-corrected chi connectivity index (χ4v) is 5.79.